The molecule has 2 aliphatic rings. The Morgan fingerprint density at radius 2 is 1.56 bits per heavy atom. The van der Waals surface area contributed by atoms with Gasteiger partial charge in [0.05, 0.1) is 0 Å². The van der Waals surface area contributed by atoms with Gasteiger partial charge in [0.15, 0.2) is 24.6 Å². The van der Waals surface area contributed by atoms with Gasteiger partial charge in [0.1, 0.15) is 12.7 Å². The van der Waals surface area contributed by atoms with E-state index in [-0.39, 0.29) is 6.61 Å². The van der Waals surface area contributed by atoms with Gasteiger partial charge in [-0.25, -0.2) is 0 Å². The lowest BCUT2D eigenvalue weighted by atomic mass is 9.98. The molecule has 0 amide bonds. The molecule has 2 heterocycles. The monoisotopic (exact) mass is 362 g/mol. The summed E-state index contributed by atoms with van der Waals surface area (Å²) in [6.45, 7) is 4.93. The summed E-state index contributed by atoms with van der Waals surface area (Å²) in [5, 5.41) is 0. The summed E-state index contributed by atoms with van der Waals surface area (Å²) in [5.41, 5.74) is 0. The SMILES string of the molecule is COC1(C)OC2O[C@H](COC(C)=O)[C@@H](OC(C)=O)[C@H](OC(C)=O)[C@@H]2O1. The average Bonchev–Trinajstić information content (AvgIpc) is 2.84. The lowest BCUT2D eigenvalue weighted by Crippen LogP contribution is -2.60. The molecule has 0 bridgehead atoms. The summed E-state index contributed by atoms with van der Waals surface area (Å²) in [4.78, 5) is 34.1. The number of carbonyl (C=O) groups excluding carboxylic acids is 3. The predicted octanol–water partition coefficient (Wildman–Crippen LogP) is -0.127. The zero-order valence-corrected chi connectivity index (χ0v) is 14.7. The molecule has 0 N–H and O–H groups in total. The van der Waals surface area contributed by atoms with Gasteiger partial charge in [0.25, 0.3) is 5.97 Å². The number of ether oxygens (including phenoxy) is 7. The Morgan fingerprint density at radius 3 is 2.08 bits per heavy atom. The van der Waals surface area contributed by atoms with E-state index in [1.165, 1.54) is 34.8 Å². The molecule has 2 saturated heterocycles. The van der Waals surface area contributed by atoms with Crippen LogP contribution in [0.4, 0.5) is 0 Å². The van der Waals surface area contributed by atoms with Gasteiger partial charge >= 0.3 is 17.9 Å². The second kappa shape index (κ2) is 7.65. The summed E-state index contributed by atoms with van der Waals surface area (Å²) in [7, 11) is 1.37. The molecular weight excluding hydrogens is 340 g/mol. The molecule has 0 aromatic carbocycles. The standard InChI is InChI=1S/C15H22O10/c1-7(16)20-6-10-11(21-8(2)17)12(22-9(3)18)13-14(23-10)25-15(4,19-5)24-13/h10-14H,6H2,1-5H3/t10-,11-,12+,13+,14?,15?/m1/s1. The van der Waals surface area contributed by atoms with Crippen LogP contribution < -0.4 is 0 Å². The number of methoxy groups -OCH3 is 1. The fourth-order valence-electron chi connectivity index (χ4n) is 2.67. The second-order valence-electron chi connectivity index (χ2n) is 5.76. The third-order valence-corrected chi connectivity index (χ3v) is 3.70. The molecule has 0 spiro atoms. The maximum Gasteiger partial charge on any atom is 0.303 e. The van der Waals surface area contributed by atoms with Crippen LogP contribution >= 0.6 is 0 Å². The molecule has 142 valence electrons. The molecule has 2 unspecified atom stereocenters. The fraction of sp³-hybridized carbons (Fsp3) is 0.800. The highest BCUT2D eigenvalue weighted by atomic mass is 16.9. The van der Waals surface area contributed by atoms with Crippen molar-refractivity contribution in [3.63, 3.8) is 0 Å². The lowest BCUT2D eigenvalue weighted by molar-refractivity contribution is -0.334. The molecule has 25 heavy (non-hydrogen) atoms. The second-order valence-corrected chi connectivity index (χ2v) is 5.76. The Morgan fingerprint density at radius 1 is 0.960 bits per heavy atom. The van der Waals surface area contributed by atoms with E-state index in [9.17, 15) is 14.4 Å². The van der Waals surface area contributed by atoms with E-state index in [1.54, 1.807) is 0 Å². The Labute approximate surface area is 144 Å². The van der Waals surface area contributed by atoms with Crippen LogP contribution in [0.15, 0.2) is 0 Å². The zero-order valence-electron chi connectivity index (χ0n) is 14.7. The number of rotatable bonds is 5. The molecule has 0 aromatic heterocycles. The van der Waals surface area contributed by atoms with Gasteiger partial charge in [-0.15, -0.1) is 0 Å². The number of hydrogen-bond donors (Lipinski definition) is 0. The van der Waals surface area contributed by atoms with Crippen molar-refractivity contribution in [3.8, 4) is 0 Å². The van der Waals surface area contributed by atoms with Gasteiger partial charge in [-0.1, -0.05) is 0 Å². The first-order valence-electron chi connectivity index (χ1n) is 7.69. The minimum atomic E-state index is -1.43. The van der Waals surface area contributed by atoms with Crippen molar-refractivity contribution < 1.29 is 47.5 Å². The molecular formula is C15H22O10. The molecule has 2 fully saturated rings. The van der Waals surface area contributed by atoms with Crippen LogP contribution in [0.2, 0.25) is 0 Å². The first-order valence-corrected chi connectivity index (χ1v) is 7.69. The number of fused-ring (bicyclic) bond motifs is 1. The van der Waals surface area contributed by atoms with Crippen molar-refractivity contribution in [2.75, 3.05) is 13.7 Å². The smallest absolute Gasteiger partial charge is 0.303 e. The van der Waals surface area contributed by atoms with E-state index in [2.05, 4.69) is 0 Å². The Balaban J connectivity index is 2.29. The maximum atomic E-state index is 11.5. The molecule has 10 heteroatoms. The average molecular weight is 362 g/mol. The topological polar surface area (TPSA) is 116 Å². The highest BCUT2D eigenvalue weighted by Crippen LogP contribution is 2.39. The summed E-state index contributed by atoms with van der Waals surface area (Å²) in [6.07, 6.45) is -4.86. The first-order chi connectivity index (χ1) is 11.6. The highest BCUT2D eigenvalue weighted by Gasteiger charge is 2.59. The van der Waals surface area contributed by atoms with Crippen molar-refractivity contribution >= 4 is 17.9 Å². The van der Waals surface area contributed by atoms with Crippen molar-refractivity contribution in [3.05, 3.63) is 0 Å². The fourth-order valence-corrected chi connectivity index (χ4v) is 2.67. The highest BCUT2D eigenvalue weighted by molar-refractivity contribution is 5.67. The van der Waals surface area contributed by atoms with Gasteiger partial charge in [-0.05, 0) is 0 Å². The van der Waals surface area contributed by atoms with E-state index in [0.717, 1.165) is 0 Å². The van der Waals surface area contributed by atoms with Crippen LogP contribution in [0.5, 0.6) is 0 Å². The molecule has 0 radical (unpaired) electrons. The van der Waals surface area contributed by atoms with Crippen LogP contribution in [0, 0.1) is 0 Å². The predicted molar refractivity (Wildman–Crippen MR) is 77.8 cm³/mol. The Kier molecular flexibility index (Phi) is 5.99. The van der Waals surface area contributed by atoms with Crippen molar-refractivity contribution in [2.24, 2.45) is 0 Å². The maximum absolute atomic E-state index is 11.5. The quantitative estimate of drug-likeness (QED) is 0.484. The third-order valence-electron chi connectivity index (χ3n) is 3.70. The van der Waals surface area contributed by atoms with Gasteiger partial charge < -0.3 is 28.4 Å². The molecule has 2 aliphatic heterocycles. The van der Waals surface area contributed by atoms with E-state index >= 15 is 0 Å². The summed E-state index contributed by atoms with van der Waals surface area (Å²) in [6, 6.07) is 0. The Bertz CT molecular complexity index is 534. The number of carbonyl (C=O) groups is 3. The van der Waals surface area contributed by atoms with Crippen molar-refractivity contribution in [2.45, 2.75) is 64.4 Å². The summed E-state index contributed by atoms with van der Waals surface area (Å²) < 4.78 is 37.6. The summed E-state index contributed by atoms with van der Waals surface area (Å²) >= 11 is 0. The Hall–Kier alpha value is -1.75. The third kappa shape index (κ3) is 4.66. The first kappa shape index (κ1) is 19.6. The van der Waals surface area contributed by atoms with E-state index < -0.39 is 54.6 Å². The van der Waals surface area contributed by atoms with Gasteiger partial charge in [0.2, 0.25) is 0 Å². The molecule has 0 aliphatic carbocycles. The normalized spacial score (nSPS) is 37.1. The van der Waals surface area contributed by atoms with Crippen LogP contribution in [0.3, 0.4) is 0 Å². The van der Waals surface area contributed by atoms with Gasteiger partial charge in [-0.2, -0.15) is 0 Å². The van der Waals surface area contributed by atoms with Gasteiger partial charge in [-0.3, -0.25) is 19.1 Å². The van der Waals surface area contributed by atoms with Crippen LogP contribution in [0.25, 0.3) is 0 Å². The molecule has 6 atom stereocenters. The number of esters is 3. The molecule has 0 aromatic rings. The minimum absolute atomic E-state index is 0.221. The van der Waals surface area contributed by atoms with Gasteiger partial charge in [0, 0.05) is 34.8 Å². The van der Waals surface area contributed by atoms with E-state index in [1.807, 2.05) is 0 Å². The van der Waals surface area contributed by atoms with Crippen LogP contribution in [0.1, 0.15) is 27.7 Å². The largest absolute Gasteiger partial charge is 0.463 e. The van der Waals surface area contributed by atoms with E-state index in [4.69, 9.17) is 33.2 Å². The minimum Gasteiger partial charge on any atom is -0.463 e. The zero-order chi connectivity index (χ0) is 18.8. The summed E-state index contributed by atoms with van der Waals surface area (Å²) in [5.74, 6) is -3.19. The molecule has 2 rings (SSSR count). The number of hydrogen-bond acceptors (Lipinski definition) is 10. The van der Waals surface area contributed by atoms with Crippen LogP contribution in [-0.2, 0) is 47.5 Å². The van der Waals surface area contributed by atoms with Crippen LogP contribution in [-0.4, -0.2) is 68.3 Å². The lowest BCUT2D eigenvalue weighted by Gasteiger charge is -2.40. The molecule has 0 saturated carbocycles. The van der Waals surface area contributed by atoms with Crippen molar-refractivity contribution in [1.29, 1.82) is 0 Å². The van der Waals surface area contributed by atoms with E-state index in [0.29, 0.717) is 0 Å². The van der Waals surface area contributed by atoms with Crippen molar-refractivity contribution in [1.82, 2.24) is 0 Å². The molecule has 10 nitrogen and oxygen atoms in total.